The van der Waals surface area contributed by atoms with Gasteiger partial charge in [0.2, 0.25) is 0 Å². The Kier molecular flexibility index (Phi) is 2.29. The third-order valence-electron chi connectivity index (χ3n) is 2.70. The summed E-state index contributed by atoms with van der Waals surface area (Å²) in [4.78, 5) is 8.25. The van der Waals surface area contributed by atoms with Gasteiger partial charge in [0.15, 0.2) is 5.82 Å². The summed E-state index contributed by atoms with van der Waals surface area (Å²) in [5.74, 6) is 1.64. The average Bonchev–Trinajstić information content (AvgIpc) is 3.00. The van der Waals surface area contributed by atoms with Gasteiger partial charge in [0.25, 0.3) is 0 Å². The lowest BCUT2D eigenvalue weighted by Crippen LogP contribution is -2.08. The Morgan fingerprint density at radius 1 is 1.44 bits per heavy atom. The van der Waals surface area contributed by atoms with E-state index in [0.29, 0.717) is 0 Å². The standard InChI is InChI=1S/C11H13N5/c1-2-10(14-6-9-3-4-9)11(13-5-1)16-8-12-7-15-16/h1-2,5,7-9,14H,3-4,6H2. The van der Waals surface area contributed by atoms with Gasteiger partial charge in [-0.2, -0.15) is 5.10 Å². The molecule has 0 spiro atoms. The third kappa shape index (κ3) is 1.88. The van der Waals surface area contributed by atoms with Crippen LogP contribution >= 0.6 is 0 Å². The molecule has 1 aliphatic rings. The highest BCUT2D eigenvalue weighted by Gasteiger charge is 2.21. The molecule has 0 amide bonds. The van der Waals surface area contributed by atoms with Crippen molar-refractivity contribution in [3.63, 3.8) is 0 Å². The van der Waals surface area contributed by atoms with Crippen LogP contribution in [-0.2, 0) is 0 Å². The van der Waals surface area contributed by atoms with Gasteiger partial charge in [0, 0.05) is 12.7 Å². The molecule has 0 unspecified atom stereocenters. The number of rotatable bonds is 4. The van der Waals surface area contributed by atoms with Gasteiger partial charge in [-0.1, -0.05) is 0 Å². The van der Waals surface area contributed by atoms with Crippen molar-refractivity contribution in [2.75, 3.05) is 11.9 Å². The van der Waals surface area contributed by atoms with Crippen LogP contribution in [0.4, 0.5) is 5.69 Å². The fourth-order valence-corrected chi connectivity index (χ4v) is 1.61. The molecule has 3 rings (SSSR count). The van der Waals surface area contributed by atoms with E-state index in [1.165, 1.54) is 19.2 Å². The summed E-state index contributed by atoms with van der Waals surface area (Å²) in [6, 6.07) is 3.95. The van der Waals surface area contributed by atoms with Gasteiger partial charge in [-0.05, 0) is 30.9 Å². The van der Waals surface area contributed by atoms with Crippen molar-refractivity contribution in [1.29, 1.82) is 0 Å². The molecule has 0 atom stereocenters. The number of anilines is 1. The van der Waals surface area contributed by atoms with E-state index in [-0.39, 0.29) is 0 Å². The number of aromatic nitrogens is 4. The van der Waals surface area contributed by atoms with E-state index in [4.69, 9.17) is 0 Å². The van der Waals surface area contributed by atoms with Gasteiger partial charge in [0.1, 0.15) is 12.7 Å². The third-order valence-corrected chi connectivity index (χ3v) is 2.70. The maximum atomic E-state index is 4.32. The molecule has 1 saturated carbocycles. The molecule has 0 aromatic carbocycles. The van der Waals surface area contributed by atoms with Crippen molar-refractivity contribution in [2.24, 2.45) is 5.92 Å². The fraction of sp³-hybridized carbons (Fsp3) is 0.364. The van der Waals surface area contributed by atoms with Crippen molar-refractivity contribution in [1.82, 2.24) is 19.7 Å². The van der Waals surface area contributed by atoms with Gasteiger partial charge < -0.3 is 5.32 Å². The van der Waals surface area contributed by atoms with E-state index in [2.05, 4.69) is 20.4 Å². The second-order valence-corrected chi connectivity index (χ2v) is 4.04. The van der Waals surface area contributed by atoms with E-state index in [1.54, 1.807) is 17.2 Å². The van der Waals surface area contributed by atoms with E-state index >= 15 is 0 Å². The van der Waals surface area contributed by atoms with Crippen LogP contribution in [0.2, 0.25) is 0 Å². The highest BCUT2D eigenvalue weighted by atomic mass is 15.3. The smallest absolute Gasteiger partial charge is 0.178 e. The largest absolute Gasteiger partial charge is 0.382 e. The number of nitrogens with one attached hydrogen (secondary N) is 1. The van der Waals surface area contributed by atoms with Gasteiger partial charge in [-0.25, -0.2) is 14.6 Å². The van der Waals surface area contributed by atoms with Gasteiger partial charge in [-0.15, -0.1) is 0 Å². The minimum absolute atomic E-state index is 0.806. The molecule has 0 radical (unpaired) electrons. The second-order valence-electron chi connectivity index (χ2n) is 4.04. The highest BCUT2D eigenvalue weighted by Crippen LogP contribution is 2.29. The molecule has 5 nitrogen and oxygen atoms in total. The van der Waals surface area contributed by atoms with Crippen molar-refractivity contribution >= 4 is 5.69 Å². The quantitative estimate of drug-likeness (QED) is 0.839. The summed E-state index contributed by atoms with van der Waals surface area (Å²) in [5.41, 5.74) is 1.01. The summed E-state index contributed by atoms with van der Waals surface area (Å²) < 4.78 is 1.68. The summed E-state index contributed by atoms with van der Waals surface area (Å²) in [6.45, 7) is 1.02. The maximum Gasteiger partial charge on any atom is 0.178 e. The van der Waals surface area contributed by atoms with Crippen LogP contribution in [0.15, 0.2) is 31.0 Å². The molecule has 1 N–H and O–H groups in total. The van der Waals surface area contributed by atoms with Crippen molar-refractivity contribution in [3.8, 4) is 5.82 Å². The first-order valence-electron chi connectivity index (χ1n) is 5.47. The Balaban J connectivity index is 1.85. The monoisotopic (exact) mass is 215 g/mol. The van der Waals surface area contributed by atoms with E-state index in [0.717, 1.165) is 24.0 Å². The van der Waals surface area contributed by atoms with Crippen molar-refractivity contribution < 1.29 is 0 Å². The first-order chi connectivity index (χ1) is 7.93. The van der Waals surface area contributed by atoms with Crippen LogP contribution in [0.1, 0.15) is 12.8 Å². The van der Waals surface area contributed by atoms with Gasteiger partial charge in [-0.3, -0.25) is 0 Å². The minimum atomic E-state index is 0.806. The molecule has 0 saturated heterocycles. The number of pyridine rings is 1. The number of hydrogen-bond donors (Lipinski definition) is 1. The fourth-order valence-electron chi connectivity index (χ4n) is 1.61. The SMILES string of the molecule is c1cnc(-n2cncn2)c(NCC2CC2)c1. The molecule has 1 fully saturated rings. The minimum Gasteiger partial charge on any atom is -0.382 e. The molecule has 2 aromatic rings. The van der Waals surface area contributed by atoms with Crippen LogP contribution in [0.5, 0.6) is 0 Å². The van der Waals surface area contributed by atoms with E-state index in [1.807, 2.05) is 12.1 Å². The van der Waals surface area contributed by atoms with Gasteiger partial charge in [0.05, 0.1) is 5.69 Å². The molecule has 2 aromatic heterocycles. The molecule has 5 heteroatoms. The first-order valence-corrected chi connectivity index (χ1v) is 5.47. The van der Waals surface area contributed by atoms with E-state index in [9.17, 15) is 0 Å². The zero-order valence-corrected chi connectivity index (χ0v) is 8.87. The number of nitrogens with zero attached hydrogens (tertiary/aromatic N) is 4. The summed E-state index contributed by atoms with van der Waals surface area (Å²) in [5, 5.41) is 7.51. The molecule has 0 bridgehead atoms. The Morgan fingerprint density at radius 2 is 2.38 bits per heavy atom. The zero-order valence-electron chi connectivity index (χ0n) is 8.87. The molecular formula is C11H13N5. The van der Waals surface area contributed by atoms with Crippen molar-refractivity contribution in [3.05, 3.63) is 31.0 Å². The molecule has 82 valence electrons. The van der Waals surface area contributed by atoms with Crippen LogP contribution in [-0.4, -0.2) is 26.3 Å². The molecule has 16 heavy (non-hydrogen) atoms. The second kappa shape index (κ2) is 3.92. The Hall–Kier alpha value is -1.91. The van der Waals surface area contributed by atoms with Crippen LogP contribution in [0.3, 0.4) is 0 Å². The summed E-state index contributed by atoms with van der Waals surface area (Å²) in [7, 11) is 0. The van der Waals surface area contributed by atoms with Crippen LogP contribution < -0.4 is 5.32 Å². The highest BCUT2D eigenvalue weighted by molar-refractivity contribution is 5.56. The lowest BCUT2D eigenvalue weighted by atomic mass is 10.3. The Labute approximate surface area is 93.5 Å². The summed E-state index contributed by atoms with van der Waals surface area (Å²) >= 11 is 0. The van der Waals surface area contributed by atoms with E-state index < -0.39 is 0 Å². The van der Waals surface area contributed by atoms with Gasteiger partial charge >= 0.3 is 0 Å². The lowest BCUT2D eigenvalue weighted by Gasteiger charge is -2.09. The predicted octanol–water partition coefficient (Wildman–Crippen LogP) is 1.48. The maximum absolute atomic E-state index is 4.32. The average molecular weight is 215 g/mol. The number of hydrogen-bond acceptors (Lipinski definition) is 4. The molecule has 1 aliphatic carbocycles. The normalized spacial score (nSPS) is 15.0. The Morgan fingerprint density at radius 3 is 3.12 bits per heavy atom. The molecule has 2 heterocycles. The summed E-state index contributed by atoms with van der Waals surface area (Å²) in [6.07, 6.45) is 7.61. The first kappa shape index (κ1) is 9.33. The lowest BCUT2D eigenvalue weighted by molar-refractivity contribution is 0.835. The Bertz CT molecular complexity index is 461. The zero-order chi connectivity index (χ0) is 10.8. The molecule has 0 aliphatic heterocycles. The predicted molar refractivity (Wildman–Crippen MR) is 60.4 cm³/mol. The van der Waals surface area contributed by atoms with Crippen LogP contribution in [0, 0.1) is 5.92 Å². The van der Waals surface area contributed by atoms with Crippen molar-refractivity contribution in [2.45, 2.75) is 12.8 Å². The topological polar surface area (TPSA) is 55.6 Å². The molecular weight excluding hydrogens is 202 g/mol. The van der Waals surface area contributed by atoms with Crippen LogP contribution in [0.25, 0.3) is 5.82 Å².